The quantitative estimate of drug-likeness (QED) is 0.763. The fraction of sp³-hybridized carbons (Fsp3) is 0.200. The zero-order valence-corrected chi connectivity index (χ0v) is 8.01. The Morgan fingerprint density at radius 1 is 1.29 bits per heavy atom. The summed E-state index contributed by atoms with van der Waals surface area (Å²) >= 11 is 0. The van der Waals surface area contributed by atoms with Gasteiger partial charge in [-0.15, -0.1) is 5.10 Å². The SMILES string of the molecule is Cn1cc(-c2ccc(CN)cc2)nn1. The minimum absolute atomic E-state index is 0.570. The highest BCUT2D eigenvalue weighted by Crippen LogP contribution is 2.15. The molecule has 0 aliphatic heterocycles. The van der Waals surface area contributed by atoms with E-state index in [-0.39, 0.29) is 0 Å². The zero-order chi connectivity index (χ0) is 9.97. The van der Waals surface area contributed by atoms with Crippen LogP contribution in [0.2, 0.25) is 0 Å². The van der Waals surface area contributed by atoms with Gasteiger partial charge in [-0.25, -0.2) is 0 Å². The molecule has 0 bridgehead atoms. The molecular formula is C10H12N4. The number of hydrogen-bond acceptors (Lipinski definition) is 3. The summed E-state index contributed by atoms with van der Waals surface area (Å²) in [4.78, 5) is 0. The van der Waals surface area contributed by atoms with Crippen LogP contribution < -0.4 is 5.73 Å². The van der Waals surface area contributed by atoms with Crippen molar-refractivity contribution in [3.05, 3.63) is 36.0 Å². The first-order valence-electron chi connectivity index (χ1n) is 4.45. The van der Waals surface area contributed by atoms with E-state index in [0.29, 0.717) is 6.54 Å². The van der Waals surface area contributed by atoms with Crippen LogP contribution in [0, 0.1) is 0 Å². The molecule has 4 nitrogen and oxygen atoms in total. The largest absolute Gasteiger partial charge is 0.326 e. The van der Waals surface area contributed by atoms with Gasteiger partial charge in [0, 0.05) is 19.2 Å². The Labute approximate surface area is 82.4 Å². The van der Waals surface area contributed by atoms with Gasteiger partial charge in [-0.2, -0.15) is 0 Å². The molecule has 0 aliphatic rings. The van der Waals surface area contributed by atoms with Gasteiger partial charge in [-0.1, -0.05) is 29.5 Å². The first-order chi connectivity index (χ1) is 6.79. The maximum atomic E-state index is 5.51. The molecule has 4 heteroatoms. The molecule has 0 amide bonds. The molecule has 1 aromatic heterocycles. The van der Waals surface area contributed by atoms with Crippen molar-refractivity contribution in [3.8, 4) is 11.3 Å². The molecule has 0 saturated heterocycles. The highest BCUT2D eigenvalue weighted by Gasteiger charge is 2.01. The number of benzene rings is 1. The lowest BCUT2D eigenvalue weighted by Gasteiger charge is -1.97. The van der Waals surface area contributed by atoms with Crippen LogP contribution in [-0.2, 0) is 13.6 Å². The van der Waals surface area contributed by atoms with E-state index in [9.17, 15) is 0 Å². The van der Waals surface area contributed by atoms with Crippen molar-refractivity contribution >= 4 is 0 Å². The van der Waals surface area contributed by atoms with Crippen LogP contribution in [-0.4, -0.2) is 15.0 Å². The highest BCUT2D eigenvalue weighted by atomic mass is 15.4. The number of aromatic nitrogens is 3. The lowest BCUT2D eigenvalue weighted by molar-refractivity contribution is 0.715. The van der Waals surface area contributed by atoms with E-state index < -0.39 is 0 Å². The van der Waals surface area contributed by atoms with E-state index in [0.717, 1.165) is 16.8 Å². The van der Waals surface area contributed by atoms with Crippen LogP contribution in [0.25, 0.3) is 11.3 Å². The van der Waals surface area contributed by atoms with E-state index >= 15 is 0 Å². The Morgan fingerprint density at radius 2 is 2.00 bits per heavy atom. The molecule has 1 heterocycles. The Kier molecular flexibility index (Phi) is 2.28. The molecule has 0 fully saturated rings. The lowest BCUT2D eigenvalue weighted by atomic mass is 10.1. The van der Waals surface area contributed by atoms with E-state index in [1.165, 1.54) is 0 Å². The van der Waals surface area contributed by atoms with E-state index in [2.05, 4.69) is 10.3 Å². The fourth-order valence-electron chi connectivity index (χ4n) is 1.29. The molecule has 0 saturated carbocycles. The molecular weight excluding hydrogens is 176 g/mol. The van der Waals surface area contributed by atoms with Crippen LogP contribution in [0.5, 0.6) is 0 Å². The second kappa shape index (κ2) is 3.59. The first kappa shape index (κ1) is 8.90. The van der Waals surface area contributed by atoms with Crippen molar-refractivity contribution in [2.45, 2.75) is 6.54 Å². The van der Waals surface area contributed by atoms with Crippen molar-refractivity contribution in [1.29, 1.82) is 0 Å². The Morgan fingerprint density at radius 3 is 2.50 bits per heavy atom. The molecule has 0 atom stereocenters. The van der Waals surface area contributed by atoms with Gasteiger partial charge in [0.05, 0.1) is 6.20 Å². The minimum Gasteiger partial charge on any atom is -0.326 e. The third-order valence-electron chi connectivity index (χ3n) is 2.09. The number of rotatable bonds is 2. The van der Waals surface area contributed by atoms with Gasteiger partial charge in [-0.05, 0) is 5.56 Å². The monoisotopic (exact) mass is 188 g/mol. The van der Waals surface area contributed by atoms with E-state index in [1.54, 1.807) is 4.68 Å². The Bertz CT molecular complexity index is 416. The number of nitrogens with two attached hydrogens (primary N) is 1. The Balaban J connectivity index is 2.33. The molecule has 2 rings (SSSR count). The Hall–Kier alpha value is -1.68. The molecule has 1 aromatic carbocycles. The summed E-state index contributed by atoms with van der Waals surface area (Å²) in [5, 5.41) is 7.90. The summed E-state index contributed by atoms with van der Waals surface area (Å²) in [6.45, 7) is 0.570. The summed E-state index contributed by atoms with van der Waals surface area (Å²) in [5.74, 6) is 0. The number of aryl methyl sites for hydroxylation is 1. The number of hydrogen-bond donors (Lipinski definition) is 1. The molecule has 72 valence electrons. The first-order valence-corrected chi connectivity index (χ1v) is 4.45. The predicted molar refractivity (Wildman–Crippen MR) is 54.3 cm³/mol. The average molecular weight is 188 g/mol. The molecule has 2 N–H and O–H groups in total. The van der Waals surface area contributed by atoms with Gasteiger partial charge in [0.1, 0.15) is 5.69 Å². The average Bonchev–Trinajstić information content (AvgIpc) is 2.65. The molecule has 0 radical (unpaired) electrons. The van der Waals surface area contributed by atoms with Gasteiger partial charge in [0.15, 0.2) is 0 Å². The van der Waals surface area contributed by atoms with Crippen molar-refractivity contribution in [2.24, 2.45) is 12.8 Å². The van der Waals surface area contributed by atoms with Gasteiger partial charge in [-0.3, -0.25) is 4.68 Å². The normalized spacial score (nSPS) is 10.4. The van der Waals surface area contributed by atoms with Gasteiger partial charge >= 0.3 is 0 Å². The fourth-order valence-corrected chi connectivity index (χ4v) is 1.29. The van der Waals surface area contributed by atoms with Crippen LogP contribution >= 0.6 is 0 Å². The van der Waals surface area contributed by atoms with Crippen molar-refractivity contribution in [3.63, 3.8) is 0 Å². The van der Waals surface area contributed by atoms with Crippen LogP contribution in [0.4, 0.5) is 0 Å². The van der Waals surface area contributed by atoms with Crippen LogP contribution in [0.15, 0.2) is 30.5 Å². The van der Waals surface area contributed by atoms with Crippen LogP contribution in [0.1, 0.15) is 5.56 Å². The lowest BCUT2D eigenvalue weighted by Crippen LogP contribution is -1.95. The van der Waals surface area contributed by atoms with Gasteiger partial charge < -0.3 is 5.73 Å². The third-order valence-corrected chi connectivity index (χ3v) is 2.09. The molecule has 0 aliphatic carbocycles. The predicted octanol–water partition coefficient (Wildman–Crippen LogP) is 0.941. The molecule has 2 aromatic rings. The summed E-state index contributed by atoms with van der Waals surface area (Å²) in [6.07, 6.45) is 1.89. The minimum atomic E-state index is 0.570. The topological polar surface area (TPSA) is 56.7 Å². The summed E-state index contributed by atoms with van der Waals surface area (Å²) < 4.78 is 1.69. The van der Waals surface area contributed by atoms with E-state index in [1.807, 2.05) is 37.5 Å². The van der Waals surface area contributed by atoms with Crippen molar-refractivity contribution in [1.82, 2.24) is 15.0 Å². The smallest absolute Gasteiger partial charge is 0.113 e. The third kappa shape index (κ3) is 1.65. The maximum absolute atomic E-state index is 5.51. The second-order valence-electron chi connectivity index (χ2n) is 3.18. The second-order valence-corrected chi connectivity index (χ2v) is 3.18. The van der Waals surface area contributed by atoms with Gasteiger partial charge in [0.2, 0.25) is 0 Å². The standard InChI is InChI=1S/C10H12N4/c1-14-7-10(12-13-14)9-4-2-8(6-11)3-5-9/h2-5,7H,6,11H2,1H3. The van der Waals surface area contributed by atoms with Crippen molar-refractivity contribution < 1.29 is 0 Å². The molecule has 0 spiro atoms. The zero-order valence-electron chi connectivity index (χ0n) is 8.01. The number of nitrogens with zero attached hydrogens (tertiary/aromatic N) is 3. The summed E-state index contributed by atoms with van der Waals surface area (Å²) in [6, 6.07) is 8.02. The summed E-state index contributed by atoms with van der Waals surface area (Å²) in [5.41, 5.74) is 8.58. The highest BCUT2D eigenvalue weighted by molar-refractivity contribution is 5.57. The van der Waals surface area contributed by atoms with Crippen molar-refractivity contribution in [2.75, 3.05) is 0 Å². The molecule has 14 heavy (non-hydrogen) atoms. The maximum Gasteiger partial charge on any atom is 0.113 e. The van der Waals surface area contributed by atoms with Gasteiger partial charge in [0.25, 0.3) is 0 Å². The summed E-state index contributed by atoms with van der Waals surface area (Å²) in [7, 11) is 1.85. The van der Waals surface area contributed by atoms with Crippen LogP contribution in [0.3, 0.4) is 0 Å². The van der Waals surface area contributed by atoms with E-state index in [4.69, 9.17) is 5.73 Å². The molecule has 0 unspecified atom stereocenters.